The highest BCUT2D eigenvalue weighted by Gasteiger charge is 2.18. The monoisotopic (exact) mass is 290 g/mol. The lowest BCUT2D eigenvalue weighted by atomic mass is 10.1. The van der Waals surface area contributed by atoms with Gasteiger partial charge in [0.1, 0.15) is 0 Å². The summed E-state index contributed by atoms with van der Waals surface area (Å²) in [6, 6.07) is 0.147. The van der Waals surface area contributed by atoms with Crippen molar-refractivity contribution in [2.45, 2.75) is 38.1 Å². The van der Waals surface area contributed by atoms with Gasteiger partial charge in [-0.25, -0.2) is 0 Å². The van der Waals surface area contributed by atoms with Gasteiger partial charge in [0.15, 0.2) is 0 Å². The first-order chi connectivity index (χ1) is 10.1. The molecule has 21 heavy (non-hydrogen) atoms. The van der Waals surface area contributed by atoms with Crippen LogP contribution < -0.4 is 5.32 Å². The van der Waals surface area contributed by atoms with Gasteiger partial charge in [0.2, 0.25) is 5.91 Å². The summed E-state index contributed by atoms with van der Waals surface area (Å²) >= 11 is 0. The van der Waals surface area contributed by atoms with Gasteiger partial charge in [0, 0.05) is 30.9 Å². The van der Waals surface area contributed by atoms with E-state index in [0.717, 1.165) is 30.4 Å². The molecule has 1 aromatic rings. The van der Waals surface area contributed by atoms with Crippen molar-refractivity contribution in [1.29, 1.82) is 0 Å². The Labute approximate surface area is 127 Å². The fourth-order valence-corrected chi connectivity index (χ4v) is 2.73. The third kappa shape index (κ3) is 4.43. The molecule has 0 aromatic carbocycles. The van der Waals surface area contributed by atoms with Gasteiger partial charge in [-0.05, 0) is 39.8 Å². The van der Waals surface area contributed by atoms with Gasteiger partial charge >= 0.3 is 0 Å². The Hall–Kier alpha value is -1.62. The van der Waals surface area contributed by atoms with Crippen LogP contribution in [0.1, 0.15) is 43.7 Å². The van der Waals surface area contributed by atoms with Crippen LogP contribution >= 0.6 is 0 Å². The lowest BCUT2D eigenvalue weighted by Crippen LogP contribution is -2.35. The molecular formula is C16H26N4O. The molecular weight excluding hydrogens is 264 g/mol. The normalized spacial score (nSPS) is 17.2. The van der Waals surface area contributed by atoms with E-state index in [1.807, 2.05) is 33.5 Å². The fourth-order valence-electron chi connectivity index (χ4n) is 2.73. The molecule has 0 unspecified atom stereocenters. The van der Waals surface area contributed by atoms with E-state index in [0.29, 0.717) is 6.54 Å². The number of hydrogen-bond donors (Lipinski definition) is 1. The number of allylic oxidation sites excluding steroid dienone is 1. The SMILES string of the molecule is CN(C)[C@@H](CNC(=O)C1=CCCCCC1)c1cnn(C)c1. The Morgan fingerprint density at radius 3 is 2.90 bits per heavy atom. The number of nitrogens with zero attached hydrogens (tertiary/aromatic N) is 3. The minimum atomic E-state index is 0.0904. The second-order valence-corrected chi connectivity index (χ2v) is 5.97. The Bertz CT molecular complexity index is 504. The molecule has 0 spiro atoms. The number of amides is 1. The topological polar surface area (TPSA) is 50.2 Å². The highest BCUT2D eigenvalue weighted by molar-refractivity contribution is 5.93. The van der Waals surface area contributed by atoms with Gasteiger partial charge in [-0.15, -0.1) is 0 Å². The molecule has 0 fully saturated rings. The number of carbonyl (C=O) groups excluding carboxylic acids is 1. The van der Waals surface area contributed by atoms with Crippen molar-refractivity contribution in [1.82, 2.24) is 20.0 Å². The summed E-state index contributed by atoms with van der Waals surface area (Å²) in [5, 5.41) is 7.30. The van der Waals surface area contributed by atoms with Crippen LogP contribution in [-0.4, -0.2) is 41.2 Å². The van der Waals surface area contributed by atoms with Crippen molar-refractivity contribution in [2.75, 3.05) is 20.6 Å². The summed E-state index contributed by atoms with van der Waals surface area (Å²) < 4.78 is 1.79. The zero-order chi connectivity index (χ0) is 15.2. The Morgan fingerprint density at radius 1 is 1.43 bits per heavy atom. The first-order valence-electron chi connectivity index (χ1n) is 7.70. The molecule has 1 aliphatic carbocycles. The summed E-state index contributed by atoms with van der Waals surface area (Å²) in [6.07, 6.45) is 11.5. The van der Waals surface area contributed by atoms with Crippen molar-refractivity contribution in [3.8, 4) is 0 Å². The molecule has 0 saturated heterocycles. The average Bonchev–Trinajstić information content (AvgIpc) is 2.71. The summed E-state index contributed by atoms with van der Waals surface area (Å²) in [5.41, 5.74) is 2.08. The number of rotatable bonds is 5. The number of nitrogens with one attached hydrogen (secondary N) is 1. The summed E-state index contributed by atoms with van der Waals surface area (Å²) in [6.45, 7) is 0.606. The molecule has 0 aliphatic heterocycles. The minimum Gasteiger partial charge on any atom is -0.350 e. The lowest BCUT2D eigenvalue weighted by Gasteiger charge is -2.23. The van der Waals surface area contributed by atoms with Gasteiger partial charge in [-0.3, -0.25) is 9.48 Å². The van der Waals surface area contributed by atoms with Crippen LogP contribution in [0, 0.1) is 0 Å². The third-order valence-corrected chi connectivity index (χ3v) is 4.02. The molecule has 1 heterocycles. The predicted molar refractivity (Wildman–Crippen MR) is 83.8 cm³/mol. The van der Waals surface area contributed by atoms with Crippen LogP contribution in [0.3, 0.4) is 0 Å². The molecule has 5 heteroatoms. The van der Waals surface area contributed by atoms with Crippen LogP contribution in [0.2, 0.25) is 0 Å². The summed E-state index contributed by atoms with van der Waals surface area (Å²) in [4.78, 5) is 14.4. The smallest absolute Gasteiger partial charge is 0.246 e. The molecule has 1 amide bonds. The number of aromatic nitrogens is 2. The zero-order valence-corrected chi connectivity index (χ0v) is 13.3. The zero-order valence-electron chi connectivity index (χ0n) is 13.3. The van der Waals surface area contributed by atoms with Crippen LogP contribution in [0.15, 0.2) is 24.0 Å². The second kappa shape index (κ2) is 7.41. The third-order valence-electron chi connectivity index (χ3n) is 4.02. The van der Waals surface area contributed by atoms with E-state index >= 15 is 0 Å². The van der Waals surface area contributed by atoms with Crippen molar-refractivity contribution in [3.05, 3.63) is 29.6 Å². The molecule has 0 saturated carbocycles. The summed E-state index contributed by atoms with van der Waals surface area (Å²) in [5.74, 6) is 0.0904. The number of carbonyl (C=O) groups is 1. The van der Waals surface area contributed by atoms with Crippen molar-refractivity contribution >= 4 is 5.91 Å². The van der Waals surface area contributed by atoms with Crippen molar-refractivity contribution in [3.63, 3.8) is 0 Å². The molecule has 116 valence electrons. The van der Waals surface area contributed by atoms with Gasteiger partial charge < -0.3 is 10.2 Å². The van der Waals surface area contributed by atoms with E-state index in [1.165, 1.54) is 12.8 Å². The molecule has 1 N–H and O–H groups in total. The van der Waals surface area contributed by atoms with Crippen LogP contribution in [-0.2, 0) is 11.8 Å². The quantitative estimate of drug-likeness (QED) is 0.902. The highest BCUT2D eigenvalue weighted by atomic mass is 16.1. The lowest BCUT2D eigenvalue weighted by molar-refractivity contribution is -0.117. The molecule has 1 atom stereocenters. The van der Waals surface area contributed by atoms with E-state index < -0.39 is 0 Å². The Kier molecular flexibility index (Phi) is 5.56. The molecule has 5 nitrogen and oxygen atoms in total. The van der Waals surface area contributed by atoms with E-state index in [9.17, 15) is 4.79 Å². The largest absolute Gasteiger partial charge is 0.350 e. The highest BCUT2D eigenvalue weighted by Crippen LogP contribution is 2.19. The number of aryl methyl sites for hydroxylation is 1. The first-order valence-corrected chi connectivity index (χ1v) is 7.70. The maximum Gasteiger partial charge on any atom is 0.246 e. The minimum absolute atomic E-state index is 0.0904. The van der Waals surface area contributed by atoms with Crippen LogP contribution in [0.5, 0.6) is 0 Å². The second-order valence-electron chi connectivity index (χ2n) is 5.97. The maximum atomic E-state index is 12.3. The van der Waals surface area contributed by atoms with E-state index in [1.54, 1.807) is 4.68 Å². The van der Waals surface area contributed by atoms with Crippen molar-refractivity contribution in [2.24, 2.45) is 7.05 Å². The maximum absolute atomic E-state index is 12.3. The molecule has 0 bridgehead atoms. The fraction of sp³-hybridized carbons (Fsp3) is 0.625. The Balaban J connectivity index is 1.95. The average molecular weight is 290 g/mol. The Morgan fingerprint density at radius 2 is 2.24 bits per heavy atom. The van der Waals surface area contributed by atoms with E-state index in [-0.39, 0.29) is 11.9 Å². The molecule has 1 aromatic heterocycles. The van der Waals surface area contributed by atoms with Gasteiger partial charge in [-0.2, -0.15) is 5.10 Å². The standard InChI is InChI=1S/C16H26N4O/c1-19(2)15(14-10-18-20(3)12-14)11-17-16(21)13-8-6-4-5-7-9-13/h8,10,12,15H,4-7,9,11H2,1-3H3,(H,17,21)/t15-/m0/s1. The molecule has 2 rings (SSSR count). The summed E-state index contributed by atoms with van der Waals surface area (Å²) in [7, 11) is 5.95. The van der Waals surface area contributed by atoms with Crippen LogP contribution in [0.4, 0.5) is 0 Å². The molecule has 0 radical (unpaired) electrons. The number of likely N-dealkylation sites (N-methyl/N-ethyl adjacent to an activating group) is 1. The predicted octanol–water partition coefficient (Wildman–Crippen LogP) is 2.03. The van der Waals surface area contributed by atoms with Crippen molar-refractivity contribution < 1.29 is 4.79 Å². The van der Waals surface area contributed by atoms with Crippen LogP contribution in [0.25, 0.3) is 0 Å². The van der Waals surface area contributed by atoms with Gasteiger partial charge in [0.05, 0.1) is 12.2 Å². The number of hydrogen-bond acceptors (Lipinski definition) is 3. The van der Waals surface area contributed by atoms with E-state index in [2.05, 4.69) is 21.4 Å². The first kappa shape index (κ1) is 15.8. The van der Waals surface area contributed by atoms with Gasteiger partial charge in [0.25, 0.3) is 0 Å². The van der Waals surface area contributed by atoms with Gasteiger partial charge in [-0.1, -0.05) is 12.5 Å². The molecule has 1 aliphatic rings. The van der Waals surface area contributed by atoms with E-state index in [4.69, 9.17) is 0 Å².